The van der Waals surface area contributed by atoms with Crippen molar-refractivity contribution in [1.29, 1.82) is 0 Å². The fourth-order valence-corrected chi connectivity index (χ4v) is 2.33. The molecule has 2 heterocycles. The van der Waals surface area contributed by atoms with Gasteiger partial charge in [0.25, 0.3) is 0 Å². The van der Waals surface area contributed by atoms with Crippen LogP contribution in [-0.2, 0) is 12.1 Å². The van der Waals surface area contributed by atoms with E-state index in [2.05, 4.69) is 15.6 Å². The summed E-state index contributed by atoms with van der Waals surface area (Å²) >= 11 is 0. The van der Waals surface area contributed by atoms with Gasteiger partial charge < -0.3 is 10.4 Å². The third kappa shape index (κ3) is 3.29. The lowest BCUT2D eigenvalue weighted by atomic mass is 10.0. The zero-order valence-corrected chi connectivity index (χ0v) is 11.4. The molecule has 18 heavy (non-hydrogen) atoms. The van der Waals surface area contributed by atoms with E-state index in [0.717, 1.165) is 19.6 Å². The lowest BCUT2D eigenvalue weighted by molar-refractivity contribution is 0.0484. The van der Waals surface area contributed by atoms with E-state index in [1.807, 2.05) is 17.8 Å². The van der Waals surface area contributed by atoms with Crippen LogP contribution in [0.2, 0.25) is 0 Å². The van der Waals surface area contributed by atoms with E-state index in [-0.39, 0.29) is 0 Å². The minimum absolute atomic E-state index is 0.619. The molecule has 2 atom stereocenters. The van der Waals surface area contributed by atoms with Gasteiger partial charge in [-0.2, -0.15) is 0 Å². The minimum Gasteiger partial charge on any atom is -0.384 e. The van der Waals surface area contributed by atoms with Crippen LogP contribution in [-0.4, -0.2) is 33.2 Å². The Morgan fingerprint density at radius 1 is 1.56 bits per heavy atom. The molecule has 2 unspecified atom stereocenters. The summed E-state index contributed by atoms with van der Waals surface area (Å²) in [6.07, 6.45) is 6.33. The minimum atomic E-state index is -0.861. The highest BCUT2D eigenvalue weighted by Gasteiger charge is 2.24. The molecule has 5 nitrogen and oxygen atoms in total. The molecule has 102 valence electrons. The number of aliphatic hydroxyl groups is 1. The fraction of sp³-hybridized carbons (Fsp3) is 0.846. The summed E-state index contributed by atoms with van der Waals surface area (Å²) in [5, 5.41) is 21.8. The standard InChI is InChI=1S/C13H24N4O/c1-3-13(2,18)12-10-17(16-15-12)9-11-6-4-5-7-14-8-11/h10-11,14,18H,3-9H2,1-2H3. The van der Waals surface area contributed by atoms with Crippen LogP contribution in [0.15, 0.2) is 6.20 Å². The Bertz CT molecular complexity index is 367. The summed E-state index contributed by atoms with van der Waals surface area (Å²) in [4.78, 5) is 0. The average molecular weight is 252 g/mol. The van der Waals surface area contributed by atoms with Gasteiger partial charge in [0.1, 0.15) is 11.3 Å². The largest absolute Gasteiger partial charge is 0.384 e. The maximum Gasteiger partial charge on any atom is 0.114 e. The van der Waals surface area contributed by atoms with Crippen LogP contribution in [0.4, 0.5) is 0 Å². The van der Waals surface area contributed by atoms with Gasteiger partial charge in [0.05, 0.1) is 6.20 Å². The number of hydrogen-bond acceptors (Lipinski definition) is 4. The molecule has 0 amide bonds. The molecule has 2 N–H and O–H groups in total. The predicted molar refractivity (Wildman–Crippen MR) is 70.1 cm³/mol. The second kappa shape index (κ2) is 5.80. The van der Waals surface area contributed by atoms with Crippen molar-refractivity contribution in [2.24, 2.45) is 5.92 Å². The highest BCUT2D eigenvalue weighted by atomic mass is 16.3. The van der Waals surface area contributed by atoms with E-state index < -0.39 is 5.60 Å². The zero-order valence-electron chi connectivity index (χ0n) is 11.4. The Labute approximate surface area is 109 Å². The topological polar surface area (TPSA) is 63.0 Å². The molecule has 0 aromatic carbocycles. The molecule has 1 fully saturated rings. The SMILES string of the molecule is CCC(C)(O)c1cn(CC2CCCCNC2)nn1. The van der Waals surface area contributed by atoms with Gasteiger partial charge >= 0.3 is 0 Å². The van der Waals surface area contributed by atoms with E-state index in [0.29, 0.717) is 18.0 Å². The first kappa shape index (κ1) is 13.5. The lowest BCUT2D eigenvalue weighted by Gasteiger charge is -2.17. The van der Waals surface area contributed by atoms with Crippen molar-refractivity contribution in [3.05, 3.63) is 11.9 Å². The molecular formula is C13H24N4O. The summed E-state index contributed by atoms with van der Waals surface area (Å²) < 4.78 is 1.87. The van der Waals surface area contributed by atoms with Gasteiger partial charge in [-0.25, -0.2) is 0 Å². The second-order valence-corrected chi connectivity index (χ2v) is 5.52. The predicted octanol–water partition coefficient (Wildman–Crippen LogP) is 1.29. The molecule has 0 radical (unpaired) electrons. The molecule has 1 saturated heterocycles. The molecule has 1 aliphatic rings. The van der Waals surface area contributed by atoms with Crippen molar-refractivity contribution in [2.45, 2.75) is 51.7 Å². The van der Waals surface area contributed by atoms with Gasteiger partial charge in [-0.15, -0.1) is 5.10 Å². The van der Waals surface area contributed by atoms with E-state index in [9.17, 15) is 5.11 Å². The number of nitrogens with one attached hydrogen (secondary N) is 1. The molecule has 1 aromatic heterocycles. The molecule has 2 rings (SSSR count). The molecule has 1 aromatic rings. The van der Waals surface area contributed by atoms with E-state index in [1.54, 1.807) is 6.92 Å². The van der Waals surface area contributed by atoms with Crippen molar-refractivity contribution in [1.82, 2.24) is 20.3 Å². The van der Waals surface area contributed by atoms with E-state index in [4.69, 9.17) is 0 Å². The van der Waals surface area contributed by atoms with Crippen molar-refractivity contribution >= 4 is 0 Å². The third-order valence-corrected chi connectivity index (χ3v) is 3.87. The molecule has 0 bridgehead atoms. The van der Waals surface area contributed by atoms with Crippen LogP contribution in [0.3, 0.4) is 0 Å². The Kier molecular flexibility index (Phi) is 4.35. The second-order valence-electron chi connectivity index (χ2n) is 5.52. The molecule has 5 heteroatoms. The Hall–Kier alpha value is -0.940. The van der Waals surface area contributed by atoms with Gasteiger partial charge in [0.2, 0.25) is 0 Å². The van der Waals surface area contributed by atoms with Crippen LogP contribution in [0.25, 0.3) is 0 Å². The van der Waals surface area contributed by atoms with Gasteiger partial charge in [-0.1, -0.05) is 18.6 Å². The maximum absolute atomic E-state index is 10.1. The Morgan fingerprint density at radius 3 is 3.17 bits per heavy atom. The lowest BCUT2D eigenvalue weighted by Crippen LogP contribution is -2.24. The number of rotatable bonds is 4. The maximum atomic E-state index is 10.1. The summed E-state index contributed by atoms with van der Waals surface area (Å²) in [5.74, 6) is 0.619. The normalized spacial score (nSPS) is 24.5. The molecule has 0 spiro atoms. The van der Waals surface area contributed by atoms with Gasteiger partial charge in [-0.3, -0.25) is 4.68 Å². The first-order valence-electron chi connectivity index (χ1n) is 6.95. The van der Waals surface area contributed by atoms with Crippen molar-refractivity contribution in [3.63, 3.8) is 0 Å². The first-order chi connectivity index (χ1) is 8.62. The van der Waals surface area contributed by atoms with Crippen LogP contribution < -0.4 is 5.32 Å². The Balaban J connectivity index is 1.97. The molecule has 0 saturated carbocycles. The zero-order chi connectivity index (χ0) is 13.0. The van der Waals surface area contributed by atoms with Crippen LogP contribution in [0.5, 0.6) is 0 Å². The van der Waals surface area contributed by atoms with Crippen LogP contribution in [0, 0.1) is 5.92 Å². The smallest absolute Gasteiger partial charge is 0.114 e. The number of aromatic nitrogens is 3. The van der Waals surface area contributed by atoms with Crippen molar-refractivity contribution in [2.75, 3.05) is 13.1 Å². The highest BCUT2D eigenvalue weighted by molar-refractivity contribution is 5.04. The molecule has 1 aliphatic heterocycles. The molecule has 0 aliphatic carbocycles. The van der Waals surface area contributed by atoms with E-state index >= 15 is 0 Å². The van der Waals surface area contributed by atoms with Crippen LogP contribution >= 0.6 is 0 Å². The summed E-state index contributed by atoms with van der Waals surface area (Å²) in [5.41, 5.74) is -0.188. The summed E-state index contributed by atoms with van der Waals surface area (Å²) in [6.45, 7) is 6.81. The van der Waals surface area contributed by atoms with Gasteiger partial charge in [0.15, 0.2) is 0 Å². The number of nitrogens with zero attached hydrogens (tertiary/aromatic N) is 3. The Morgan fingerprint density at radius 2 is 2.39 bits per heavy atom. The van der Waals surface area contributed by atoms with Crippen molar-refractivity contribution < 1.29 is 5.11 Å². The third-order valence-electron chi connectivity index (χ3n) is 3.87. The van der Waals surface area contributed by atoms with Crippen LogP contribution in [0.1, 0.15) is 45.2 Å². The monoisotopic (exact) mass is 252 g/mol. The highest BCUT2D eigenvalue weighted by Crippen LogP contribution is 2.21. The van der Waals surface area contributed by atoms with Crippen molar-refractivity contribution in [3.8, 4) is 0 Å². The fourth-order valence-electron chi connectivity index (χ4n) is 2.33. The number of hydrogen-bond donors (Lipinski definition) is 2. The average Bonchev–Trinajstić information content (AvgIpc) is 2.67. The van der Waals surface area contributed by atoms with Gasteiger partial charge in [-0.05, 0) is 45.2 Å². The molecular weight excluding hydrogens is 228 g/mol. The first-order valence-corrected chi connectivity index (χ1v) is 6.95. The summed E-state index contributed by atoms with van der Waals surface area (Å²) in [6, 6.07) is 0. The van der Waals surface area contributed by atoms with Gasteiger partial charge in [0, 0.05) is 6.54 Å². The summed E-state index contributed by atoms with van der Waals surface area (Å²) in [7, 11) is 0. The quantitative estimate of drug-likeness (QED) is 0.847. The van der Waals surface area contributed by atoms with E-state index in [1.165, 1.54) is 19.3 Å².